The summed E-state index contributed by atoms with van der Waals surface area (Å²) in [6, 6.07) is 7.67. The summed E-state index contributed by atoms with van der Waals surface area (Å²) in [5.74, 6) is -0.391. The minimum absolute atomic E-state index is 0.0159. The molecule has 1 heterocycles. The summed E-state index contributed by atoms with van der Waals surface area (Å²) in [7, 11) is 0. The predicted octanol–water partition coefficient (Wildman–Crippen LogP) is 2.61. The normalized spacial score (nSPS) is 12.6. The van der Waals surface area contributed by atoms with E-state index in [-0.39, 0.29) is 6.42 Å². The molecule has 102 valence electrons. The lowest BCUT2D eigenvalue weighted by molar-refractivity contribution is -0.145. The van der Waals surface area contributed by atoms with E-state index in [0.717, 1.165) is 10.9 Å². The highest BCUT2D eigenvalue weighted by Gasteiger charge is 2.14. The third-order valence-corrected chi connectivity index (χ3v) is 3.16. The number of carbonyl (C=O) groups is 1. The van der Waals surface area contributed by atoms with Gasteiger partial charge in [0.2, 0.25) is 0 Å². The first-order valence-corrected chi connectivity index (χ1v) is 6.56. The number of esters is 1. The number of hydrogen-bond acceptors (Lipinski definition) is 3. The number of ether oxygens (including phenoxy) is 1. The Morgan fingerprint density at radius 3 is 2.95 bits per heavy atom. The third-order valence-electron chi connectivity index (χ3n) is 2.86. The van der Waals surface area contributed by atoms with Crippen LogP contribution in [0, 0.1) is 0 Å². The lowest BCUT2D eigenvalue weighted by Crippen LogP contribution is -2.20. The number of fused-ring (bicyclic) bond motifs is 1. The maximum absolute atomic E-state index is 11.3. The smallest absolute Gasteiger partial charge is 0.308 e. The average Bonchev–Trinajstić information content (AvgIpc) is 2.67. The second-order valence-electron chi connectivity index (χ2n) is 4.31. The molecule has 0 aliphatic rings. The number of aromatic nitrogens is 1. The molecular formula is C14H16ClNO3. The molecule has 0 amide bonds. The quantitative estimate of drug-likeness (QED) is 0.857. The summed E-state index contributed by atoms with van der Waals surface area (Å²) in [6.45, 7) is 2.37. The van der Waals surface area contributed by atoms with Gasteiger partial charge in [0.15, 0.2) is 0 Å². The summed E-state index contributed by atoms with van der Waals surface area (Å²) in [5.41, 5.74) is 0.940. The molecule has 2 aromatic rings. The van der Waals surface area contributed by atoms with E-state index in [0.29, 0.717) is 18.2 Å². The molecule has 0 fully saturated rings. The maximum atomic E-state index is 11.3. The van der Waals surface area contributed by atoms with Gasteiger partial charge in [0.1, 0.15) is 0 Å². The number of nitrogens with zero attached hydrogens (tertiary/aromatic N) is 1. The van der Waals surface area contributed by atoms with Gasteiger partial charge in [-0.2, -0.15) is 0 Å². The molecule has 19 heavy (non-hydrogen) atoms. The van der Waals surface area contributed by atoms with E-state index in [4.69, 9.17) is 16.3 Å². The molecule has 0 aliphatic carbocycles. The average molecular weight is 282 g/mol. The minimum Gasteiger partial charge on any atom is -0.466 e. The van der Waals surface area contributed by atoms with Crippen LogP contribution in [-0.4, -0.2) is 28.4 Å². The first-order valence-electron chi connectivity index (χ1n) is 6.19. The second kappa shape index (κ2) is 6.08. The van der Waals surface area contributed by atoms with Gasteiger partial charge in [-0.15, -0.1) is 0 Å². The van der Waals surface area contributed by atoms with Crippen molar-refractivity contribution in [1.82, 2.24) is 4.57 Å². The van der Waals surface area contributed by atoms with Gasteiger partial charge in [-0.3, -0.25) is 4.79 Å². The Balaban J connectivity index is 2.11. The Labute approximate surface area is 116 Å². The fourth-order valence-electron chi connectivity index (χ4n) is 2.06. The van der Waals surface area contributed by atoms with Gasteiger partial charge in [-0.1, -0.05) is 29.8 Å². The van der Waals surface area contributed by atoms with Crippen molar-refractivity contribution < 1.29 is 14.6 Å². The highest BCUT2D eigenvalue weighted by Crippen LogP contribution is 2.25. The number of hydrogen-bond donors (Lipinski definition) is 1. The Kier molecular flexibility index (Phi) is 4.45. The standard InChI is InChI=1S/C14H16ClNO3/c1-2-19-14(18)7-10(17)8-16-9-12(15)11-5-3-4-6-13(11)16/h3-6,9-10,17H,2,7-8H2,1H3. The number of aliphatic hydroxyl groups is 1. The van der Waals surface area contributed by atoms with Crippen LogP contribution in [0.1, 0.15) is 13.3 Å². The molecule has 0 saturated heterocycles. The van der Waals surface area contributed by atoms with Crippen molar-refractivity contribution >= 4 is 28.5 Å². The molecule has 1 unspecified atom stereocenters. The van der Waals surface area contributed by atoms with Crippen molar-refractivity contribution in [1.29, 1.82) is 0 Å². The molecule has 1 atom stereocenters. The molecule has 0 bridgehead atoms. The molecule has 1 N–H and O–H groups in total. The number of carbonyl (C=O) groups excluding carboxylic acids is 1. The fraction of sp³-hybridized carbons (Fsp3) is 0.357. The van der Waals surface area contributed by atoms with E-state index in [9.17, 15) is 9.90 Å². The van der Waals surface area contributed by atoms with E-state index in [1.807, 2.05) is 28.8 Å². The Morgan fingerprint density at radius 1 is 1.47 bits per heavy atom. The summed E-state index contributed by atoms with van der Waals surface area (Å²) in [5, 5.41) is 11.5. The molecule has 0 spiro atoms. The number of benzene rings is 1. The van der Waals surface area contributed by atoms with Gasteiger partial charge in [-0.05, 0) is 13.0 Å². The van der Waals surface area contributed by atoms with Crippen molar-refractivity contribution in [2.24, 2.45) is 0 Å². The Bertz CT molecular complexity index is 579. The zero-order chi connectivity index (χ0) is 13.8. The van der Waals surface area contributed by atoms with Gasteiger partial charge in [-0.25, -0.2) is 0 Å². The molecule has 4 nitrogen and oxygen atoms in total. The zero-order valence-corrected chi connectivity index (χ0v) is 11.4. The van der Waals surface area contributed by atoms with Crippen LogP contribution in [0.2, 0.25) is 5.02 Å². The molecule has 1 aromatic heterocycles. The molecule has 0 radical (unpaired) electrons. The predicted molar refractivity (Wildman–Crippen MR) is 74.2 cm³/mol. The molecule has 0 saturated carbocycles. The molecule has 2 rings (SSSR count). The van der Waals surface area contributed by atoms with Crippen LogP contribution >= 0.6 is 11.6 Å². The first-order chi connectivity index (χ1) is 9.11. The fourth-order valence-corrected chi connectivity index (χ4v) is 2.33. The summed E-state index contributed by atoms with van der Waals surface area (Å²) in [4.78, 5) is 11.3. The third kappa shape index (κ3) is 3.28. The summed E-state index contributed by atoms with van der Waals surface area (Å²) < 4.78 is 6.66. The highest BCUT2D eigenvalue weighted by atomic mass is 35.5. The van der Waals surface area contributed by atoms with E-state index in [1.165, 1.54) is 0 Å². The largest absolute Gasteiger partial charge is 0.466 e. The Morgan fingerprint density at radius 2 is 2.21 bits per heavy atom. The van der Waals surface area contributed by atoms with Crippen LogP contribution in [0.4, 0.5) is 0 Å². The van der Waals surface area contributed by atoms with Crippen LogP contribution < -0.4 is 0 Å². The van der Waals surface area contributed by atoms with Gasteiger partial charge in [0, 0.05) is 23.6 Å². The van der Waals surface area contributed by atoms with Crippen LogP contribution in [-0.2, 0) is 16.1 Å². The van der Waals surface area contributed by atoms with Crippen LogP contribution in [0.3, 0.4) is 0 Å². The second-order valence-corrected chi connectivity index (χ2v) is 4.72. The highest BCUT2D eigenvalue weighted by molar-refractivity contribution is 6.35. The van der Waals surface area contributed by atoms with E-state index < -0.39 is 12.1 Å². The molecule has 1 aromatic carbocycles. The lowest BCUT2D eigenvalue weighted by Gasteiger charge is -2.11. The van der Waals surface area contributed by atoms with E-state index >= 15 is 0 Å². The van der Waals surface area contributed by atoms with Gasteiger partial charge >= 0.3 is 5.97 Å². The van der Waals surface area contributed by atoms with Crippen LogP contribution in [0.15, 0.2) is 30.5 Å². The zero-order valence-electron chi connectivity index (χ0n) is 10.7. The van der Waals surface area contributed by atoms with Crippen molar-refractivity contribution in [3.05, 3.63) is 35.5 Å². The number of rotatable bonds is 5. The number of halogens is 1. The molecule has 0 aliphatic heterocycles. The van der Waals surface area contributed by atoms with Crippen molar-refractivity contribution in [2.45, 2.75) is 26.0 Å². The van der Waals surface area contributed by atoms with Gasteiger partial charge < -0.3 is 14.4 Å². The topological polar surface area (TPSA) is 51.5 Å². The monoisotopic (exact) mass is 281 g/mol. The van der Waals surface area contributed by atoms with Crippen LogP contribution in [0.5, 0.6) is 0 Å². The van der Waals surface area contributed by atoms with E-state index in [1.54, 1.807) is 13.1 Å². The Hall–Kier alpha value is -1.52. The van der Waals surface area contributed by atoms with Gasteiger partial charge in [0.25, 0.3) is 0 Å². The lowest BCUT2D eigenvalue weighted by atomic mass is 10.2. The van der Waals surface area contributed by atoms with Crippen LogP contribution in [0.25, 0.3) is 10.9 Å². The van der Waals surface area contributed by atoms with Gasteiger partial charge in [0.05, 0.1) is 24.2 Å². The summed E-state index contributed by atoms with van der Waals surface area (Å²) >= 11 is 6.12. The van der Waals surface area contributed by atoms with Crippen molar-refractivity contribution in [2.75, 3.05) is 6.61 Å². The molecular weight excluding hydrogens is 266 g/mol. The maximum Gasteiger partial charge on any atom is 0.308 e. The summed E-state index contributed by atoms with van der Waals surface area (Å²) in [6.07, 6.45) is 0.962. The SMILES string of the molecule is CCOC(=O)CC(O)Cn1cc(Cl)c2ccccc21. The van der Waals surface area contributed by atoms with Crippen molar-refractivity contribution in [3.63, 3.8) is 0 Å². The number of para-hydroxylation sites is 1. The van der Waals surface area contributed by atoms with Crippen molar-refractivity contribution in [3.8, 4) is 0 Å². The minimum atomic E-state index is -0.786. The number of aliphatic hydroxyl groups excluding tert-OH is 1. The first kappa shape index (κ1) is 13.9. The van der Waals surface area contributed by atoms with E-state index in [2.05, 4.69) is 0 Å². The molecule has 5 heteroatoms.